The maximum Gasteiger partial charge on any atom is 0.229 e. The average Bonchev–Trinajstić information content (AvgIpc) is 2.59. The molecule has 0 saturated carbocycles. The summed E-state index contributed by atoms with van der Waals surface area (Å²) in [7, 11) is 0. The first-order chi connectivity index (χ1) is 11.1. The van der Waals surface area contributed by atoms with Crippen molar-refractivity contribution in [2.24, 2.45) is 5.92 Å². The normalized spacial score (nSPS) is 17.8. The summed E-state index contributed by atoms with van der Waals surface area (Å²) in [6.07, 6.45) is 5.06. The molecule has 1 amide bonds. The van der Waals surface area contributed by atoms with Crippen molar-refractivity contribution >= 4 is 29.1 Å². The van der Waals surface area contributed by atoms with Crippen molar-refractivity contribution in [3.8, 4) is 0 Å². The highest BCUT2D eigenvalue weighted by molar-refractivity contribution is 6.31. The predicted molar refractivity (Wildman–Crippen MR) is 87.0 cm³/mol. The maximum absolute atomic E-state index is 13.2. The Labute approximate surface area is 138 Å². The van der Waals surface area contributed by atoms with Crippen molar-refractivity contribution in [2.45, 2.75) is 12.8 Å². The summed E-state index contributed by atoms with van der Waals surface area (Å²) < 4.78 is 13.2. The van der Waals surface area contributed by atoms with Gasteiger partial charge in [0.25, 0.3) is 0 Å². The van der Waals surface area contributed by atoms with Crippen LogP contribution in [0, 0.1) is 11.7 Å². The van der Waals surface area contributed by atoms with Crippen LogP contribution in [0.25, 0.3) is 0 Å². The van der Waals surface area contributed by atoms with E-state index >= 15 is 0 Å². The molecule has 0 bridgehead atoms. The Morgan fingerprint density at radius 1 is 1.35 bits per heavy atom. The fraction of sp³-hybridized carbons (Fsp3) is 0.312. The van der Waals surface area contributed by atoms with Crippen LogP contribution in [-0.2, 0) is 4.79 Å². The Morgan fingerprint density at radius 2 is 2.13 bits per heavy atom. The molecule has 2 heterocycles. The van der Waals surface area contributed by atoms with Crippen LogP contribution in [0.15, 0.2) is 36.7 Å². The lowest BCUT2D eigenvalue weighted by Gasteiger charge is -2.31. The molecule has 0 unspecified atom stereocenters. The Hall–Kier alpha value is -2.21. The molecule has 7 heteroatoms. The number of hydrogen-bond acceptors (Lipinski definition) is 4. The molecule has 0 radical (unpaired) electrons. The van der Waals surface area contributed by atoms with Crippen LogP contribution in [-0.4, -0.2) is 29.0 Å². The number of carbonyl (C=O) groups excluding carboxylic acids is 1. The zero-order valence-corrected chi connectivity index (χ0v) is 13.1. The highest BCUT2D eigenvalue weighted by atomic mass is 35.5. The fourth-order valence-electron chi connectivity index (χ4n) is 2.65. The topological polar surface area (TPSA) is 58.1 Å². The first-order valence-electron chi connectivity index (χ1n) is 7.41. The third kappa shape index (κ3) is 3.76. The summed E-state index contributed by atoms with van der Waals surface area (Å²) in [6.45, 7) is 1.39. The van der Waals surface area contributed by atoms with Crippen molar-refractivity contribution in [1.82, 2.24) is 9.97 Å². The number of nitrogens with zero attached hydrogens (tertiary/aromatic N) is 3. The molecule has 1 saturated heterocycles. The van der Waals surface area contributed by atoms with E-state index in [1.54, 1.807) is 18.5 Å². The molecular weight excluding hydrogens is 319 g/mol. The highest BCUT2D eigenvalue weighted by Gasteiger charge is 2.27. The van der Waals surface area contributed by atoms with Gasteiger partial charge in [-0.15, -0.1) is 0 Å². The second-order valence-corrected chi connectivity index (χ2v) is 5.86. The van der Waals surface area contributed by atoms with Gasteiger partial charge in [0, 0.05) is 31.2 Å². The Balaban J connectivity index is 1.66. The molecule has 3 rings (SSSR count). The molecule has 1 atom stereocenters. The van der Waals surface area contributed by atoms with E-state index in [1.165, 1.54) is 18.2 Å². The van der Waals surface area contributed by atoms with Crippen LogP contribution in [0.3, 0.4) is 0 Å². The van der Waals surface area contributed by atoms with Crippen LogP contribution < -0.4 is 10.2 Å². The van der Waals surface area contributed by atoms with Gasteiger partial charge < -0.3 is 10.2 Å². The van der Waals surface area contributed by atoms with Crippen molar-refractivity contribution in [2.75, 3.05) is 23.3 Å². The van der Waals surface area contributed by atoms with E-state index in [-0.39, 0.29) is 16.8 Å². The minimum absolute atomic E-state index is 0.00856. The molecule has 5 nitrogen and oxygen atoms in total. The third-order valence-electron chi connectivity index (χ3n) is 3.81. The van der Waals surface area contributed by atoms with Crippen LogP contribution in [0.4, 0.5) is 16.0 Å². The molecule has 1 N–H and O–H groups in total. The number of anilines is 2. The molecule has 1 aromatic heterocycles. The Morgan fingerprint density at radius 3 is 2.87 bits per heavy atom. The average molecular weight is 335 g/mol. The summed E-state index contributed by atoms with van der Waals surface area (Å²) in [5.41, 5.74) is 0.495. The van der Waals surface area contributed by atoms with Crippen LogP contribution in [0.1, 0.15) is 12.8 Å². The van der Waals surface area contributed by atoms with E-state index in [1.807, 2.05) is 4.90 Å². The van der Waals surface area contributed by atoms with E-state index in [4.69, 9.17) is 11.6 Å². The van der Waals surface area contributed by atoms with E-state index in [9.17, 15) is 9.18 Å². The smallest absolute Gasteiger partial charge is 0.229 e. The molecule has 0 spiro atoms. The Bertz CT molecular complexity index is 698. The molecule has 120 valence electrons. The molecular formula is C16H16ClFN4O. The van der Waals surface area contributed by atoms with E-state index < -0.39 is 5.82 Å². The minimum atomic E-state index is -0.505. The fourth-order valence-corrected chi connectivity index (χ4v) is 2.83. The van der Waals surface area contributed by atoms with E-state index in [0.717, 1.165) is 19.4 Å². The van der Waals surface area contributed by atoms with Crippen molar-refractivity contribution in [3.05, 3.63) is 47.5 Å². The SMILES string of the molecule is O=C(Nc1ccc(F)c(Cl)c1)[C@H]1CCCN(c2ncccn2)C1. The standard InChI is InChI=1S/C16H16ClFN4O/c17-13-9-12(4-5-14(13)18)21-15(23)11-3-1-8-22(10-11)16-19-6-2-7-20-16/h2,4-7,9,11H,1,3,8,10H2,(H,21,23)/t11-/m0/s1. The third-order valence-corrected chi connectivity index (χ3v) is 4.10. The number of nitrogens with one attached hydrogen (secondary N) is 1. The van der Waals surface area contributed by atoms with Gasteiger partial charge in [-0.1, -0.05) is 11.6 Å². The quantitative estimate of drug-likeness (QED) is 0.937. The molecule has 23 heavy (non-hydrogen) atoms. The monoisotopic (exact) mass is 334 g/mol. The molecule has 2 aromatic rings. The summed E-state index contributed by atoms with van der Waals surface area (Å²) >= 11 is 5.74. The zero-order valence-electron chi connectivity index (χ0n) is 12.4. The minimum Gasteiger partial charge on any atom is -0.340 e. The van der Waals surface area contributed by atoms with Crippen molar-refractivity contribution in [1.29, 1.82) is 0 Å². The number of carbonyl (C=O) groups is 1. The maximum atomic E-state index is 13.2. The number of piperidine rings is 1. The van der Waals surface area contributed by atoms with Crippen molar-refractivity contribution in [3.63, 3.8) is 0 Å². The van der Waals surface area contributed by atoms with Gasteiger partial charge in [-0.05, 0) is 37.1 Å². The second kappa shape index (κ2) is 6.91. The summed E-state index contributed by atoms with van der Waals surface area (Å²) in [5.74, 6) is -0.144. The van der Waals surface area contributed by atoms with Gasteiger partial charge in [0.1, 0.15) is 5.82 Å². The van der Waals surface area contributed by atoms with Crippen molar-refractivity contribution < 1.29 is 9.18 Å². The Kier molecular flexibility index (Phi) is 4.71. The lowest BCUT2D eigenvalue weighted by atomic mass is 9.97. The predicted octanol–water partition coefficient (Wildman–Crippen LogP) is 3.12. The number of rotatable bonds is 3. The first-order valence-corrected chi connectivity index (χ1v) is 7.79. The molecule has 1 aliphatic heterocycles. The molecule has 1 aromatic carbocycles. The van der Waals surface area contributed by atoms with Gasteiger partial charge in [-0.2, -0.15) is 0 Å². The van der Waals surface area contributed by atoms with Gasteiger partial charge in [-0.25, -0.2) is 14.4 Å². The number of benzene rings is 1. The highest BCUT2D eigenvalue weighted by Crippen LogP contribution is 2.23. The van der Waals surface area contributed by atoms with Gasteiger partial charge in [0.2, 0.25) is 11.9 Å². The molecule has 1 fully saturated rings. The second-order valence-electron chi connectivity index (χ2n) is 5.45. The first kappa shape index (κ1) is 15.7. The number of halogens is 2. The summed E-state index contributed by atoms with van der Waals surface area (Å²) in [6, 6.07) is 5.91. The lowest BCUT2D eigenvalue weighted by Crippen LogP contribution is -2.41. The zero-order chi connectivity index (χ0) is 16.2. The van der Waals surface area contributed by atoms with Gasteiger partial charge in [-0.3, -0.25) is 4.79 Å². The van der Waals surface area contributed by atoms with E-state index in [2.05, 4.69) is 15.3 Å². The number of hydrogen-bond donors (Lipinski definition) is 1. The van der Waals surface area contributed by atoms with Crippen LogP contribution in [0.2, 0.25) is 5.02 Å². The molecule has 0 aliphatic carbocycles. The summed E-state index contributed by atoms with van der Waals surface area (Å²) in [5, 5.41) is 2.79. The molecule has 1 aliphatic rings. The van der Waals surface area contributed by atoms with Crippen LogP contribution >= 0.6 is 11.6 Å². The van der Waals surface area contributed by atoms with Crippen LogP contribution in [0.5, 0.6) is 0 Å². The number of aromatic nitrogens is 2. The number of amides is 1. The van der Waals surface area contributed by atoms with Gasteiger partial charge in [0.15, 0.2) is 0 Å². The van der Waals surface area contributed by atoms with E-state index in [0.29, 0.717) is 18.2 Å². The largest absolute Gasteiger partial charge is 0.340 e. The summed E-state index contributed by atoms with van der Waals surface area (Å²) in [4.78, 5) is 22.9. The van der Waals surface area contributed by atoms with Gasteiger partial charge in [0.05, 0.1) is 10.9 Å². The van der Waals surface area contributed by atoms with Gasteiger partial charge >= 0.3 is 0 Å². The lowest BCUT2D eigenvalue weighted by molar-refractivity contribution is -0.120.